The lowest BCUT2D eigenvalue weighted by molar-refractivity contribution is 0.0635. The number of ether oxygens (including phenoxy) is 2. The van der Waals surface area contributed by atoms with Crippen LogP contribution in [0.15, 0.2) is 6.07 Å². The molecule has 19 heavy (non-hydrogen) atoms. The van der Waals surface area contributed by atoms with E-state index < -0.39 is 23.2 Å². The van der Waals surface area contributed by atoms with Gasteiger partial charge in [-0.15, -0.1) is 0 Å². The van der Waals surface area contributed by atoms with Gasteiger partial charge in [-0.05, 0) is 20.8 Å². The fourth-order valence-electron chi connectivity index (χ4n) is 1.37. The summed E-state index contributed by atoms with van der Waals surface area (Å²) in [5.41, 5.74) is 4.04. The largest absolute Gasteiger partial charge is 0.504 e. The molecule has 0 unspecified atom stereocenters. The normalized spacial score (nSPS) is 11.0. The molecule has 1 amide bonds. The second kappa shape index (κ2) is 5.21. The Balaban J connectivity index is 3.00. The molecule has 0 fully saturated rings. The first kappa shape index (κ1) is 14.9. The second-order valence-electron chi connectivity index (χ2n) is 4.83. The van der Waals surface area contributed by atoms with Crippen LogP contribution in [-0.4, -0.2) is 23.9 Å². The number of carbonyl (C=O) groups is 1. The summed E-state index contributed by atoms with van der Waals surface area (Å²) in [5.74, 6) is -1.47. The maximum Gasteiger partial charge on any atom is 0.412 e. The van der Waals surface area contributed by atoms with Crippen molar-refractivity contribution in [3.8, 4) is 11.5 Å². The van der Waals surface area contributed by atoms with Crippen LogP contribution in [0.25, 0.3) is 0 Å². The Labute approximate surface area is 110 Å². The number of phenols is 1. The van der Waals surface area contributed by atoms with Crippen molar-refractivity contribution in [1.29, 1.82) is 0 Å². The summed E-state index contributed by atoms with van der Waals surface area (Å²) in [4.78, 5) is 11.5. The first-order valence-electron chi connectivity index (χ1n) is 5.50. The summed E-state index contributed by atoms with van der Waals surface area (Å²) in [6.07, 6.45) is -0.852. The molecule has 0 bridgehead atoms. The molecule has 0 aliphatic rings. The fraction of sp³-hybridized carbons (Fsp3) is 0.417. The monoisotopic (exact) mass is 272 g/mol. The lowest BCUT2D eigenvalue weighted by Gasteiger charge is -2.20. The third-order valence-electron chi connectivity index (χ3n) is 2.07. The lowest BCUT2D eigenvalue weighted by Crippen LogP contribution is -2.27. The number of aromatic hydroxyl groups is 1. The van der Waals surface area contributed by atoms with Crippen molar-refractivity contribution in [3.05, 3.63) is 11.9 Å². The quantitative estimate of drug-likeness (QED) is 0.719. The van der Waals surface area contributed by atoms with Crippen molar-refractivity contribution in [2.45, 2.75) is 26.4 Å². The molecule has 1 rings (SSSR count). The number of carbonyl (C=O) groups excluding carboxylic acids is 1. The molecule has 0 spiro atoms. The van der Waals surface area contributed by atoms with Gasteiger partial charge in [0.2, 0.25) is 0 Å². The van der Waals surface area contributed by atoms with E-state index in [9.17, 15) is 14.3 Å². The predicted octanol–water partition coefficient (Wildman–Crippen LogP) is 2.47. The smallest absolute Gasteiger partial charge is 0.412 e. The van der Waals surface area contributed by atoms with Crippen LogP contribution in [0.4, 0.5) is 20.6 Å². The lowest BCUT2D eigenvalue weighted by atomic mass is 10.2. The summed E-state index contributed by atoms with van der Waals surface area (Å²) in [6.45, 7) is 5.01. The Bertz CT molecular complexity index is 497. The highest BCUT2D eigenvalue weighted by Crippen LogP contribution is 2.38. The van der Waals surface area contributed by atoms with E-state index in [0.29, 0.717) is 0 Å². The molecule has 6 nitrogen and oxygen atoms in total. The molecular weight excluding hydrogens is 255 g/mol. The van der Waals surface area contributed by atoms with Crippen molar-refractivity contribution in [2.24, 2.45) is 0 Å². The Kier molecular flexibility index (Phi) is 4.08. The number of nitrogens with two attached hydrogens (primary N) is 1. The van der Waals surface area contributed by atoms with Gasteiger partial charge in [0.15, 0.2) is 17.3 Å². The van der Waals surface area contributed by atoms with Crippen molar-refractivity contribution in [3.63, 3.8) is 0 Å². The molecule has 0 aromatic heterocycles. The molecule has 0 heterocycles. The number of nitrogen functional groups attached to an aromatic ring is 1. The van der Waals surface area contributed by atoms with Crippen LogP contribution in [0, 0.1) is 5.82 Å². The van der Waals surface area contributed by atoms with E-state index in [0.717, 1.165) is 6.07 Å². The van der Waals surface area contributed by atoms with Gasteiger partial charge in [0.05, 0.1) is 12.8 Å². The number of hydrogen-bond acceptors (Lipinski definition) is 5. The Morgan fingerprint density at radius 2 is 2.05 bits per heavy atom. The number of benzene rings is 1. The van der Waals surface area contributed by atoms with Gasteiger partial charge in [-0.3, -0.25) is 5.32 Å². The van der Waals surface area contributed by atoms with Crippen LogP contribution < -0.4 is 15.8 Å². The summed E-state index contributed by atoms with van der Waals surface area (Å²) >= 11 is 0. The molecule has 106 valence electrons. The number of amides is 1. The highest BCUT2D eigenvalue weighted by molar-refractivity contribution is 5.87. The molecule has 0 aliphatic carbocycles. The first-order valence-corrected chi connectivity index (χ1v) is 5.50. The van der Waals surface area contributed by atoms with Crippen molar-refractivity contribution < 1.29 is 23.8 Å². The maximum atomic E-state index is 13.8. The second-order valence-corrected chi connectivity index (χ2v) is 4.83. The summed E-state index contributed by atoms with van der Waals surface area (Å²) in [5, 5.41) is 11.7. The Morgan fingerprint density at radius 1 is 1.47 bits per heavy atom. The van der Waals surface area contributed by atoms with Crippen molar-refractivity contribution in [2.75, 3.05) is 18.2 Å². The van der Waals surface area contributed by atoms with Gasteiger partial charge in [0.25, 0.3) is 0 Å². The zero-order chi connectivity index (χ0) is 14.8. The molecule has 1 aromatic carbocycles. The topological polar surface area (TPSA) is 93.8 Å². The van der Waals surface area contributed by atoms with Gasteiger partial charge in [0, 0.05) is 6.07 Å². The molecule has 0 atom stereocenters. The average molecular weight is 272 g/mol. The average Bonchev–Trinajstić information content (AvgIpc) is 2.23. The van der Waals surface area contributed by atoms with Crippen molar-refractivity contribution >= 4 is 17.5 Å². The van der Waals surface area contributed by atoms with Gasteiger partial charge < -0.3 is 20.3 Å². The van der Waals surface area contributed by atoms with Crippen LogP contribution in [-0.2, 0) is 4.74 Å². The number of rotatable bonds is 2. The minimum atomic E-state index is -0.902. The molecule has 0 saturated heterocycles. The molecule has 7 heteroatoms. The Hall–Kier alpha value is -2.18. The van der Waals surface area contributed by atoms with Gasteiger partial charge in [0.1, 0.15) is 11.3 Å². The van der Waals surface area contributed by atoms with Gasteiger partial charge in [-0.25, -0.2) is 9.18 Å². The number of hydrogen-bond donors (Lipinski definition) is 3. The van der Waals surface area contributed by atoms with Crippen LogP contribution in [0.5, 0.6) is 11.5 Å². The molecular formula is C12H17FN2O4. The van der Waals surface area contributed by atoms with E-state index in [2.05, 4.69) is 5.32 Å². The number of nitrogens with one attached hydrogen (secondary N) is 1. The van der Waals surface area contributed by atoms with E-state index in [1.54, 1.807) is 20.8 Å². The molecule has 0 aliphatic heterocycles. The Morgan fingerprint density at radius 3 is 2.53 bits per heavy atom. The van der Waals surface area contributed by atoms with Crippen LogP contribution in [0.1, 0.15) is 20.8 Å². The third kappa shape index (κ3) is 3.64. The number of methoxy groups -OCH3 is 1. The summed E-state index contributed by atoms with van der Waals surface area (Å²) in [7, 11) is 1.24. The predicted molar refractivity (Wildman–Crippen MR) is 68.9 cm³/mol. The van der Waals surface area contributed by atoms with E-state index in [-0.39, 0.29) is 17.2 Å². The third-order valence-corrected chi connectivity index (χ3v) is 2.07. The first-order chi connectivity index (χ1) is 8.65. The summed E-state index contributed by atoms with van der Waals surface area (Å²) < 4.78 is 23.5. The van der Waals surface area contributed by atoms with Crippen LogP contribution >= 0.6 is 0 Å². The van der Waals surface area contributed by atoms with E-state index in [4.69, 9.17) is 15.2 Å². The zero-order valence-electron chi connectivity index (χ0n) is 11.2. The molecule has 0 radical (unpaired) electrons. The van der Waals surface area contributed by atoms with Gasteiger partial charge in [-0.2, -0.15) is 0 Å². The molecule has 1 aromatic rings. The zero-order valence-corrected chi connectivity index (χ0v) is 11.2. The molecule has 4 N–H and O–H groups in total. The number of halogens is 1. The highest BCUT2D eigenvalue weighted by Gasteiger charge is 2.21. The van der Waals surface area contributed by atoms with E-state index in [1.807, 2.05) is 0 Å². The van der Waals surface area contributed by atoms with Crippen LogP contribution in [0.3, 0.4) is 0 Å². The summed E-state index contributed by atoms with van der Waals surface area (Å²) in [6, 6.07) is 0.994. The molecule has 0 saturated carbocycles. The maximum absolute atomic E-state index is 13.8. The van der Waals surface area contributed by atoms with Gasteiger partial charge in [-0.1, -0.05) is 0 Å². The van der Waals surface area contributed by atoms with Crippen molar-refractivity contribution in [1.82, 2.24) is 0 Å². The standard InChI is InChI=1S/C12H17FN2O4/c1-12(2,3)19-11(17)15-6-5-7(16)10(18-4)9(14)8(6)13/h5,16H,14H2,1-4H3,(H,15,17). The minimum Gasteiger partial charge on any atom is -0.504 e. The fourth-order valence-corrected chi connectivity index (χ4v) is 1.37. The number of anilines is 2. The number of phenolic OH excluding ortho intramolecular Hbond substituents is 1. The van der Waals surface area contributed by atoms with Crippen LogP contribution in [0.2, 0.25) is 0 Å². The minimum absolute atomic E-state index is 0.188. The highest BCUT2D eigenvalue weighted by atomic mass is 19.1. The van der Waals surface area contributed by atoms with Gasteiger partial charge >= 0.3 is 6.09 Å². The van der Waals surface area contributed by atoms with E-state index in [1.165, 1.54) is 7.11 Å². The van der Waals surface area contributed by atoms with E-state index >= 15 is 0 Å². The SMILES string of the molecule is COc1c(O)cc(NC(=O)OC(C)(C)C)c(F)c1N.